The molecule has 0 radical (unpaired) electrons. The summed E-state index contributed by atoms with van der Waals surface area (Å²) in [7, 11) is 1.74. The van der Waals surface area contributed by atoms with E-state index in [0.29, 0.717) is 28.1 Å². The van der Waals surface area contributed by atoms with Gasteiger partial charge in [0.05, 0.1) is 5.92 Å². The highest BCUT2D eigenvalue weighted by Crippen LogP contribution is 2.53. The summed E-state index contributed by atoms with van der Waals surface area (Å²) in [5, 5.41) is 15.4. The zero-order valence-corrected chi connectivity index (χ0v) is 19.8. The molecule has 1 N–H and O–H groups in total. The third-order valence-electron chi connectivity index (χ3n) is 6.70. The van der Waals surface area contributed by atoms with Crippen LogP contribution in [-0.4, -0.2) is 35.4 Å². The number of nitrogens with zero attached hydrogens (tertiary/aromatic N) is 2. The van der Waals surface area contributed by atoms with E-state index in [1.807, 2.05) is 0 Å². The molecule has 1 saturated heterocycles. The normalized spacial score (nSPS) is 23.7. The number of para-hydroxylation sites is 1. The Bertz CT molecular complexity index is 1300. The number of nitro groups is 1. The van der Waals surface area contributed by atoms with Gasteiger partial charge in [0.1, 0.15) is 18.2 Å². The first-order valence-electron chi connectivity index (χ1n) is 10.7. The summed E-state index contributed by atoms with van der Waals surface area (Å²) in [4.78, 5) is 27.3. The van der Waals surface area contributed by atoms with Gasteiger partial charge in [0.2, 0.25) is 0 Å². The molecule has 7 nitrogen and oxygen atoms in total. The number of hydrogen-bond donors (Lipinski definition) is 1. The van der Waals surface area contributed by atoms with Crippen molar-refractivity contribution in [1.29, 1.82) is 0 Å². The lowest BCUT2D eigenvalue weighted by Crippen LogP contribution is -2.54. The molecule has 34 heavy (non-hydrogen) atoms. The van der Waals surface area contributed by atoms with E-state index in [9.17, 15) is 19.3 Å². The van der Waals surface area contributed by atoms with Crippen molar-refractivity contribution in [3.63, 3.8) is 0 Å². The van der Waals surface area contributed by atoms with Gasteiger partial charge in [0, 0.05) is 32.8 Å². The molecular weight excluding hydrogens is 505 g/mol. The number of anilines is 1. The lowest BCUT2D eigenvalue weighted by molar-refractivity contribution is -0.534. The van der Waals surface area contributed by atoms with Crippen LogP contribution in [0.25, 0.3) is 0 Å². The number of hydrogen-bond acceptors (Lipinski definition) is 5. The average molecular weight is 526 g/mol. The van der Waals surface area contributed by atoms with Crippen LogP contribution in [-0.2, 0) is 16.9 Å². The molecule has 3 atom stereocenters. The van der Waals surface area contributed by atoms with E-state index < -0.39 is 23.4 Å². The van der Waals surface area contributed by atoms with Crippen molar-refractivity contribution in [2.24, 2.45) is 0 Å². The van der Waals surface area contributed by atoms with Crippen LogP contribution in [0.2, 0.25) is 0 Å². The van der Waals surface area contributed by atoms with Gasteiger partial charge in [-0.15, -0.1) is 0 Å². The van der Waals surface area contributed by atoms with Crippen molar-refractivity contribution in [2.75, 3.05) is 18.9 Å². The molecule has 0 bridgehead atoms. The average Bonchev–Trinajstić information content (AvgIpc) is 3.28. The van der Waals surface area contributed by atoms with Crippen LogP contribution < -0.4 is 10.1 Å². The van der Waals surface area contributed by atoms with Crippen LogP contribution in [0.5, 0.6) is 5.75 Å². The highest BCUT2D eigenvalue weighted by molar-refractivity contribution is 9.10. The Morgan fingerprint density at radius 3 is 2.76 bits per heavy atom. The summed E-state index contributed by atoms with van der Waals surface area (Å²) in [6, 6.07) is 17.3. The van der Waals surface area contributed by atoms with Crippen molar-refractivity contribution in [1.82, 2.24) is 4.90 Å². The molecule has 5 rings (SSSR count). The van der Waals surface area contributed by atoms with Crippen molar-refractivity contribution in [2.45, 2.75) is 24.1 Å². The second kappa shape index (κ2) is 8.48. The van der Waals surface area contributed by atoms with Gasteiger partial charge < -0.3 is 10.1 Å². The summed E-state index contributed by atoms with van der Waals surface area (Å²) in [5.74, 6) is -0.938. The number of amides is 1. The summed E-state index contributed by atoms with van der Waals surface area (Å²) >= 11 is 3.47. The van der Waals surface area contributed by atoms with Gasteiger partial charge >= 0.3 is 0 Å². The largest absolute Gasteiger partial charge is 0.489 e. The number of likely N-dealkylation sites (tertiary alicyclic amines) is 1. The van der Waals surface area contributed by atoms with Crippen LogP contribution in [0.1, 0.15) is 22.6 Å². The fourth-order valence-corrected chi connectivity index (χ4v) is 5.67. The molecule has 1 fully saturated rings. The first-order valence-corrected chi connectivity index (χ1v) is 11.5. The maximum absolute atomic E-state index is 13.6. The number of fused-ring (bicyclic) bond motifs is 2. The predicted molar refractivity (Wildman–Crippen MR) is 128 cm³/mol. The van der Waals surface area contributed by atoms with Crippen LogP contribution in [0.15, 0.2) is 71.2 Å². The molecule has 174 valence electrons. The van der Waals surface area contributed by atoms with Crippen LogP contribution >= 0.6 is 15.9 Å². The third kappa shape index (κ3) is 3.47. The minimum Gasteiger partial charge on any atom is -0.489 e. The molecule has 1 spiro atoms. The standard InChI is InChI=1S/C25H21BrFN3O4/c1-29-13-19(23(30(32)33)25(29)20-7-2-3-8-21(20)28-24(25)31)18-12-16(26)9-10-22(18)34-14-15-5-4-6-17(27)11-15/h2-12,19,23H,13-14H2,1H3,(H,28,31)/t19-,23-,25-/m1/s1. The third-order valence-corrected chi connectivity index (χ3v) is 7.19. The minimum atomic E-state index is -1.44. The molecule has 2 aliphatic heterocycles. The smallest absolute Gasteiger partial charge is 0.256 e. The Kier molecular flexibility index (Phi) is 5.61. The van der Waals surface area contributed by atoms with Gasteiger partial charge in [-0.25, -0.2) is 4.39 Å². The number of carbonyl (C=O) groups excluding carboxylic acids is 1. The summed E-state index contributed by atoms with van der Waals surface area (Å²) in [5.41, 5.74) is 1.01. The van der Waals surface area contributed by atoms with E-state index in [0.717, 1.165) is 4.47 Å². The molecule has 2 aliphatic rings. The Morgan fingerprint density at radius 2 is 2.00 bits per heavy atom. The molecule has 3 aromatic rings. The second-order valence-corrected chi connectivity index (χ2v) is 9.50. The van der Waals surface area contributed by atoms with Crippen molar-refractivity contribution in [3.05, 3.63) is 104 Å². The van der Waals surface area contributed by atoms with Crippen molar-refractivity contribution < 1.29 is 18.8 Å². The highest BCUT2D eigenvalue weighted by Gasteiger charge is 2.68. The quantitative estimate of drug-likeness (QED) is 0.385. The zero-order chi connectivity index (χ0) is 24.0. The molecule has 0 saturated carbocycles. The number of benzene rings is 3. The molecule has 9 heteroatoms. The molecule has 1 amide bonds. The number of carbonyl (C=O) groups is 1. The first-order chi connectivity index (χ1) is 16.3. The summed E-state index contributed by atoms with van der Waals surface area (Å²) in [6.45, 7) is 0.382. The Morgan fingerprint density at radius 1 is 1.21 bits per heavy atom. The predicted octanol–water partition coefficient (Wildman–Crippen LogP) is 4.69. The maximum atomic E-state index is 13.6. The van der Waals surface area contributed by atoms with Gasteiger partial charge in [0.15, 0.2) is 5.54 Å². The molecular formula is C25H21BrFN3O4. The second-order valence-electron chi connectivity index (χ2n) is 8.58. The van der Waals surface area contributed by atoms with Gasteiger partial charge in [-0.2, -0.15) is 0 Å². The van der Waals surface area contributed by atoms with Crippen LogP contribution in [0, 0.1) is 15.9 Å². The number of rotatable bonds is 5. The minimum absolute atomic E-state index is 0.104. The van der Waals surface area contributed by atoms with Gasteiger partial charge in [0.25, 0.3) is 11.9 Å². The fourth-order valence-electron chi connectivity index (χ4n) is 5.29. The van der Waals surface area contributed by atoms with E-state index >= 15 is 0 Å². The van der Waals surface area contributed by atoms with Crippen LogP contribution in [0.4, 0.5) is 10.1 Å². The molecule has 0 aliphatic carbocycles. The molecule has 2 heterocycles. The molecule has 3 aromatic carbocycles. The number of halogens is 2. The monoisotopic (exact) mass is 525 g/mol. The van der Waals surface area contributed by atoms with E-state index in [-0.39, 0.29) is 23.9 Å². The number of likely N-dealkylation sites (N-methyl/N-ethyl adjacent to an activating group) is 1. The van der Waals surface area contributed by atoms with Crippen molar-refractivity contribution >= 4 is 27.5 Å². The molecule has 0 aromatic heterocycles. The molecule has 0 unspecified atom stereocenters. The number of nitrogens with one attached hydrogen (secondary N) is 1. The highest BCUT2D eigenvalue weighted by atomic mass is 79.9. The van der Waals surface area contributed by atoms with E-state index in [4.69, 9.17) is 4.74 Å². The lowest BCUT2D eigenvalue weighted by atomic mass is 9.79. The first kappa shape index (κ1) is 22.5. The number of ether oxygens (including phenoxy) is 1. The van der Waals surface area contributed by atoms with Gasteiger partial charge in [-0.05, 0) is 49.0 Å². The van der Waals surface area contributed by atoms with E-state index in [1.54, 1.807) is 66.5 Å². The zero-order valence-electron chi connectivity index (χ0n) is 18.2. The SMILES string of the molecule is CN1C[C@H](c2cc(Br)ccc2OCc2cccc(F)c2)[C@@H]([N+](=O)[O-])[C@]12C(=O)Nc1ccccc12. The lowest BCUT2D eigenvalue weighted by Gasteiger charge is -2.30. The van der Waals surface area contributed by atoms with Gasteiger partial charge in [-0.1, -0.05) is 46.3 Å². The van der Waals surface area contributed by atoms with E-state index in [2.05, 4.69) is 21.2 Å². The Labute approximate surface area is 203 Å². The maximum Gasteiger partial charge on any atom is 0.256 e. The topological polar surface area (TPSA) is 84.7 Å². The van der Waals surface area contributed by atoms with Crippen molar-refractivity contribution in [3.8, 4) is 5.75 Å². The van der Waals surface area contributed by atoms with Gasteiger partial charge in [-0.3, -0.25) is 19.8 Å². The van der Waals surface area contributed by atoms with E-state index in [1.165, 1.54) is 12.1 Å². The van der Waals surface area contributed by atoms with Crippen LogP contribution in [0.3, 0.4) is 0 Å². The fraction of sp³-hybridized carbons (Fsp3) is 0.240. The summed E-state index contributed by atoms with van der Waals surface area (Å²) in [6.07, 6.45) is 0. The Balaban J connectivity index is 1.57. The Hall–Kier alpha value is -3.30. The summed E-state index contributed by atoms with van der Waals surface area (Å²) < 4.78 is 20.4.